The number of rotatable bonds is 3. The van der Waals surface area contributed by atoms with Crippen LogP contribution in [-0.4, -0.2) is 56.1 Å². The van der Waals surface area contributed by atoms with Crippen LogP contribution in [0.1, 0.15) is 16.7 Å². The molecule has 0 aromatic heterocycles. The number of likely N-dealkylation sites (N-methyl/N-ethyl adjacent to an activating group) is 1. The first-order chi connectivity index (χ1) is 9.31. The average molecular weight is 259 g/mol. The summed E-state index contributed by atoms with van der Waals surface area (Å²) in [5.74, 6) is 0. The lowest BCUT2D eigenvalue weighted by atomic mass is 9.97. The van der Waals surface area contributed by atoms with E-state index >= 15 is 0 Å². The van der Waals surface area contributed by atoms with Crippen molar-refractivity contribution >= 4 is 0 Å². The Morgan fingerprint density at radius 3 is 2.79 bits per heavy atom. The van der Waals surface area contributed by atoms with E-state index in [4.69, 9.17) is 0 Å². The van der Waals surface area contributed by atoms with E-state index in [2.05, 4.69) is 40.4 Å². The van der Waals surface area contributed by atoms with E-state index in [1.807, 2.05) is 0 Å². The molecule has 0 amide bonds. The van der Waals surface area contributed by atoms with Gasteiger partial charge in [-0.05, 0) is 43.1 Å². The SMILES string of the molecule is CN1CCN(CCc2ccc3c(c2)CCNC3)CC1. The van der Waals surface area contributed by atoms with E-state index < -0.39 is 0 Å². The molecule has 19 heavy (non-hydrogen) atoms. The van der Waals surface area contributed by atoms with E-state index in [1.165, 1.54) is 56.7 Å². The van der Waals surface area contributed by atoms with Gasteiger partial charge in [-0.25, -0.2) is 0 Å². The van der Waals surface area contributed by atoms with Crippen LogP contribution in [0.25, 0.3) is 0 Å². The Morgan fingerprint density at radius 1 is 1.11 bits per heavy atom. The fraction of sp³-hybridized carbons (Fsp3) is 0.625. The molecule has 0 aliphatic carbocycles. The van der Waals surface area contributed by atoms with Crippen LogP contribution in [0.15, 0.2) is 18.2 Å². The third-order valence-corrected chi connectivity index (χ3v) is 4.47. The maximum atomic E-state index is 3.44. The molecule has 3 rings (SSSR count). The fourth-order valence-corrected chi connectivity index (χ4v) is 3.04. The van der Waals surface area contributed by atoms with E-state index in [0.717, 1.165) is 13.1 Å². The van der Waals surface area contributed by atoms with E-state index in [-0.39, 0.29) is 0 Å². The second-order valence-corrected chi connectivity index (χ2v) is 5.92. The Bertz CT molecular complexity index is 422. The van der Waals surface area contributed by atoms with Crippen molar-refractivity contribution in [2.45, 2.75) is 19.4 Å². The van der Waals surface area contributed by atoms with Crippen molar-refractivity contribution in [3.8, 4) is 0 Å². The third-order valence-electron chi connectivity index (χ3n) is 4.47. The summed E-state index contributed by atoms with van der Waals surface area (Å²) in [5, 5.41) is 3.44. The van der Waals surface area contributed by atoms with E-state index in [9.17, 15) is 0 Å². The van der Waals surface area contributed by atoms with Crippen LogP contribution >= 0.6 is 0 Å². The Balaban J connectivity index is 1.55. The smallest absolute Gasteiger partial charge is 0.0208 e. The number of nitrogens with zero attached hydrogens (tertiary/aromatic N) is 2. The summed E-state index contributed by atoms with van der Waals surface area (Å²) in [5.41, 5.74) is 4.57. The molecular formula is C16H25N3. The summed E-state index contributed by atoms with van der Waals surface area (Å²) in [6.45, 7) is 8.29. The van der Waals surface area contributed by atoms with Crippen LogP contribution in [0, 0.1) is 0 Å². The van der Waals surface area contributed by atoms with Gasteiger partial charge < -0.3 is 15.1 Å². The summed E-state index contributed by atoms with van der Waals surface area (Å²) in [6.07, 6.45) is 2.39. The third kappa shape index (κ3) is 3.35. The molecule has 3 nitrogen and oxygen atoms in total. The van der Waals surface area contributed by atoms with Gasteiger partial charge in [0.05, 0.1) is 0 Å². The monoisotopic (exact) mass is 259 g/mol. The Kier molecular flexibility index (Phi) is 4.16. The minimum absolute atomic E-state index is 1.05. The van der Waals surface area contributed by atoms with Crippen molar-refractivity contribution in [2.75, 3.05) is 46.3 Å². The quantitative estimate of drug-likeness (QED) is 0.878. The Labute approximate surface area is 116 Å². The van der Waals surface area contributed by atoms with Crippen LogP contribution in [0.4, 0.5) is 0 Å². The van der Waals surface area contributed by atoms with Gasteiger partial charge in [0.2, 0.25) is 0 Å². The second kappa shape index (κ2) is 6.04. The molecule has 104 valence electrons. The first-order valence-corrected chi connectivity index (χ1v) is 7.53. The second-order valence-electron chi connectivity index (χ2n) is 5.92. The van der Waals surface area contributed by atoms with Gasteiger partial charge in [-0.2, -0.15) is 0 Å². The van der Waals surface area contributed by atoms with Crippen LogP contribution in [0.2, 0.25) is 0 Å². The fourth-order valence-electron chi connectivity index (χ4n) is 3.04. The lowest BCUT2D eigenvalue weighted by Crippen LogP contribution is -2.45. The van der Waals surface area contributed by atoms with Crippen molar-refractivity contribution < 1.29 is 0 Å². The van der Waals surface area contributed by atoms with E-state index in [0.29, 0.717) is 0 Å². The summed E-state index contributed by atoms with van der Waals surface area (Å²) in [7, 11) is 2.22. The molecule has 3 heteroatoms. The van der Waals surface area contributed by atoms with Gasteiger partial charge in [0.15, 0.2) is 0 Å². The molecule has 0 saturated carbocycles. The van der Waals surface area contributed by atoms with Crippen LogP contribution in [-0.2, 0) is 19.4 Å². The van der Waals surface area contributed by atoms with Gasteiger partial charge in [0, 0.05) is 39.3 Å². The van der Waals surface area contributed by atoms with Crippen molar-refractivity contribution in [1.82, 2.24) is 15.1 Å². The zero-order valence-electron chi connectivity index (χ0n) is 12.0. The highest BCUT2D eigenvalue weighted by molar-refractivity contribution is 5.33. The summed E-state index contributed by atoms with van der Waals surface area (Å²) >= 11 is 0. The molecule has 2 aliphatic heterocycles. The molecule has 1 N–H and O–H groups in total. The molecule has 0 spiro atoms. The zero-order chi connectivity index (χ0) is 13.1. The number of fused-ring (bicyclic) bond motifs is 1. The first kappa shape index (κ1) is 13.1. The van der Waals surface area contributed by atoms with Crippen LogP contribution in [0.5, 0.6) is 0 Å². The van der Waals surface area contributed by atoms with Gasteiger partial charge in [0.1, 0.15) is 0 Å². The number of piperazine rings is 1. The maximum absolute atomic E-state index is 3.44. The van der Waals surface area contributed by atoms with Gasteiger partial charge >= 0.3 is 0 Å². The summed E-state index contributed by atoms with van der Waals surface area (Å²) in [4.78, 5) is 5.02. The van der Waals surface area contributed by atoms with Crippen molar-refractivity contribution in [2.24, 2.45) is 0 Å². The van der Waals surface area contributed by atoms with Crippen molar-refractivity contribution in [3.63, 3.8) is 0 Å². The largest absolute Gasteiger partial charge is 0.312 e. The molecule has 1 aromatic rings. The number of nitrogens with one attached hydrogen (secondary N) is 1. The lowest BCUT2D eigenvalue weighted by Gasteiger charge is -2.32. The van der Waals surface area contributed by atoms with Gasteiger partial charge in [-0.3, -0.25) is 0 Å². The van der Waals surface area contributed by atoms with Crippen molar-refractivity contribution in [1.29, 1.82) is 0 Å². The summed E-state index contributed by atoms with van der Waals surface area (Å²) < 4.78 is 0. The molecule has 2 aliphatic rings. The van der Waals surface area contributed by atoms with Gasteiger partial charge in [-0.15, -0.1) is 0 Å². The number of benzene rings is 1. The Hall–Kier alpha value is -0.900. The standard InChI is InChI=1S/C16H25N3/c1-18-8-10-19(11-9-18)7-5-14-2-3-16-13-17-6-4-15(16)12-14/h2-3,12,17H,4-11,13H2,1H3. The highest BCUT2D eigenvalue weighted by atomic mass is 15.2. The molecule has 0 atom stereocenters. The normalized spacial score (nSPS) is 21.3. The average Bonchev–Trinajstić information content (AvgIpc) is 2.46. The van der Waals surface area contributed by atoms with Crippen molar-refractivity contribution in [3.05, 3.63) is 34.9 Å². The molecule has 0 bridgehead atoms. The Morgan fingerprint density at radius 2 is 1.95 bits per heavy atom. The molecule has 1 aromatic carbocycles. The number of hydrogen-bond acceptors (Lipinski definition) is 3. The molecular weight excluding hydrogens is 234 g/mol. The van der Waals surface area contributed by atoms with Crippen LogP contribution in [0.3, 0.4) is 0 Å². The number of hydrogen-bond donors (Lipinski definition) is 1. The minimum Gasteiger partial charge on any atom is -0.312 e. The highest BCUT2D eigenvalue weighted by Crippen LogP contribution is 2.16. The maximum Gasteiger partial charge on any atom is 0.0208 e. The highest BCUT2D eigenvalue weighted by Gasteiger charge is 2.14. The first-order valence-electron chi connectivity index (χ1n) is 7.53. The van der Waals surface area contributed by atoms with Gasteiger partial charge in [0.25, 0.3) is 0 Å². The predicted octanol–water partition coefficient (Wildman–Crippen LogP) is 1.12. The van der Waals surface area contributed by atoms with Crippen LogP contribution < -0.4 is 5.32 Å². The molecule has 2 heterocycles. The molecule has 0 unspecified atom stereocenters. The lowest BCUT2D eigenvalue weighted by molar-refractivity contribution is 0.155. The predicted molar refractivity (Wildman–Crippen MR) is 79.5 cm³/mol. The van der Waals surface area contributed by atoms with Gasteiger partial charge in [-0.1, -0.05) is 18.2 Å². The molecule has 1 saturated heterocycles. The zero-order valence-corrected chi connectivity index (χ0v) is 12.0. The molecule has 1 fully saturated rings. The topological polar surface area (TPSA) is 18.5 Å². The minimum atomic E-state index is 1.05. The van der Waals surface area contributed by atoms with E-state index in [1.54, 1.807) is 5.56 Å². The molecule has 0 radical (unpaired) electrons. The summed E-state index contributed by atoms with van der Waals surface area (Å²) in [6, 6.07) is 7.08.